The summed E-state index contributed by atoms with van der Waals surface area (Å²) >= 11 is 0. The maximum Gasteiger partial charge on any atom is 0.241 e. The Morgan fingerprint density at radius 1 is 1.00 bits per heavy atom. The number of sulfonamides is 1. The van der Waals surface area contributed by atoms with Gasteiger partial charge >= 0.3 is 0 Å². The second kappa shape index (κ2) is 6.95. The Kier molecular flexibility index (Phi) is 4.92. The zero-order valence-corrected chi connectivity index (χ0v) is 14.9. The van der Waals surface area contributed by atoms with Gasteiger partial charge in [0.15, 0.2) is 0 Å². The zero-order chi connectivity index (χ0) is 17.2. The molecule has 4 nitrogen and oxygen atoms in total. The molecule has 1 aliphatic rings. The van der Waals surface area contributed by atoms with Crippen LogP contribution in [-0.4, -0.2) is 15.5 Å². The van der Waals surface area contributed by atoms with E-state index in [9.17, 15) is 8.42 Å². The lowest BCUT2D eigenvalue weighted by molar-refractivity contribution is 0.414. The summed E-state index contributed by atoms with van der Waals surface area (Å²) in [5.41, 5.74) is 3.76. The molecule has 0 radical (unpaired) electrons. The number of hydrogen-bond acceptors (Lipinski definition) is 3. The second-order valence-corrected chi connectivity index (χ2v) is 7.97. The summed E-state index contributed by atoms with van der Waals surface area (Å²) in [6.45, 7) is 1.88. The van der Waals surface area contributed by atoms with Gasteiger partial charge < -0.3 is 4.74 Å². The van der Waals surface area contributed by atoms with Crippen molar-refractivity contribution in [3.05, 3.63) is 59.2 Å². The molecule has 0 spiro atoms. The van der Waals surface area contributed by atoms with Crippen LogP contribution in [0.3, 0.4) is 0 Å². The number of rotatable bonds is 5. The maximum absolute atomic E-state index is 12.6. The minimum absolute atomic E-state index is 0.244. The largest absolute Gasteiger partial charge is 0.497 e. The average molecular weight is 345 g/mol. The van der Waals surface area contributed by atoms with Gasteiger partial charge in [-0.05, 0) is 73.6 Å². The number of benzene rings is 2. The Hall–Kier alpha value is -1.85. The van der Waals surface area contributed by atoms with Crippen LogP contribution in [0.5, 0.6) is 5.75 Å². The predicted molar refractivity (Wildman–Crippen MR) is 94.8 cm³/mol. The van der Waals surface area contributed by atoms with Gasteiger partial charge in [0.1, 0.15) is 5.75 Å². The summed E-state index contributed by atoms with van der Waals surface area (Å²) in [7, 11) is -2.00. The molecule has 0 amide bonds. The first kappa shape index (κ1) is 17.0. The van der Waals surface area contributed by atoms with Crippen molar-refractivity contribution in [3.8, 4) is 5.75 Å². The molecule has 0 bridgehead atoms. The summed E-state index contributed by atoms with van der Waals surface area (Å²) in [6.07, 6.45) is 4.66. The van der Waals surface area contributed by atoms with Crippen molar-refractivity contribution in [2.24, 2.45) is 0 Å². The predicted octanol–water partition coefficient (Wildman–Crippen LogP) is 3.61. The number of methoxy groups -OCH3 is 1. The topological polar surface area (TPSA) is 55.4 Å². The first-order valence-corrected chi connectivity index (χ1v) is 9.76. The summed E-state index contributed by atoms with van der Waals surface area (Å²) in [5.74, 6) is 0.636. The van der Waals surface area contributed by atoms with E-state index in [1.54, 1.807) is 31.4 Å². The standard InChI is InChI=1S/C19H23NO3S/c1-14(16-8-7-15-5-3-4-6-17(15)13-16)20-24(21,22)19-11-9-18(23-2)10-12-19/h7-14,20H,3-6H2,1-2H3/t14-/m0/s1. The van der Waals surface area contributed by atoms with Crippen LogP contribution in [0, 0.1) is 0 Å². The highest BCUT2D eigenvalue weighted by Crippen LogP contribution is 2.26. The van der Waals surface area contributed by atoms with E-state index in [4.69, 9.17) is 4.74 Å². The molecule has 0 fully saturated rings. The molecule has 128 valence electrons. The highest BCUT2D eigenvalue weighted by atomic mass is 32.2. The van der Waals surface area contributed by atoms with Crippen LogP contribution < -0.4 is 9.46 Å². The number of hydrogen-bond donors (Lipinski definition) is 1. The maximum atomic E-state index is 12.6. The monoisotopic (exact) mass is 345 g/mol. The molecule has 0 aliphatic heterocycles. The van der Waals surface area contributed by atoms with Crippen LogP contribution in [0.15, 0.2) is 47.4 Å². The number of fused-ring (bicyclic) bond motifs is 1. The van der Waals surface area contributed by atoms with Crippen molar-refractivity contribution in [2.45, 2.75) is 43.5 Å². The highest BCUT2D eigenvalue weighted by molar-refractivity contribution is 7.89. The summed E-state index contributed by atoms with van der Waals surface area (Å²) in [5, 5.41) is 0. The van der Waals surface area contributed by atoms with E-state index in [0.717, 1.165) is 18.4 Å². The van der Waals surface area contributed by atoms with Crippen LogP contribution in [0.25, 0.3) is 0 Å². The lowest BCUT2D eigenvalue weighted by Gasteiger charge is -2.20. The fourth-order valence-corrected chi connectivity index (χ4v) is 4.38. The molecule has 0 saturated carbocycles. The quantitative estimate of drug-likeness (QED) is 0.900. The molecule has 0 saturated heterocycles. The summed E-state index contributed by atoms with van der Waals surface area (Å²) < 4.78 is 32.9. The molecule has 3 rings (SSSR count). The molecular formula is C19H23NO3S. The van der Waals surface area contributed by atoms with E-state index in [0.29, 0.717) is 5.75 Å². The molecule has 1 N–H and O–H groups in total. The zero-order valence-electron chi connectivity index (χ0n) is 14.1. The lowest BCUT2D eigenvalue weighted by Crippen LogP contribution is -2.27. The molecule has 2 aromatic rings. The molecule has 5 heteroatoms. The summed E-state index contributed by atoms with van der Waals surface area (Å²) in [4.78, 5) is 0.244. The normalized spacial score (nSPS) is 15.6. The second-order valence-electron chi connectivity index (χ2n) is 6.25. The van der Waals surface area contributed by atoms with Crippen molar-refractivity contribution >= 4 is 10.0 Å². The molecule has 2 aromatic carbocycles. The van der Waals surface area contributed by atoms with Crippen LogP contribution >= 0.6 is 0 Å². The number of nitrogens with one attached hydrogen (secondary N) is 1. The van der Waals surface area contributed by atoms with E-state index >= 15 is 0 Å². The van der Waals surface area contributed by atoms with Crippen LogP contribution in [-0.2, 0) is 22.9 Å². The van der Waals surface area contributed by atoms with Crippen LogP contribution in [0.4, 0.5) is 0 Å². The van der Waals surface area contributed by atoms with Crippen molar-refractivity contribution in [1.29, 1.82) is 0 Å². The number of ether oxygens (including phenoxy) is 1. The van der Waals surface area contributed by atoms with Gasteiger partial charge in [-0.3, -0.25) is 0 Å². The molecular weight excluding hydrogens is 322 g/mol. The van der Waals surface area contributed by atoms with E-state index in [2.05, 4.69) is 16.9 Å². The Balaban J connectivity index is 1.78. The van der Waals surface area contributed by atoms with Crippen molar-refractivity contribution in [3.63, 3.8) is 0 Å². The Labute approximate surface area is 143 Å². The summed E-state index contributed by atoms with van der Waals surface area (Å²) in [6, 6.07) is 12.5. The van der Waals surface area contributed by atoms with E-state index in [-0.39, 0.29) is 10.9 Å². The SMILES string of the molecule is COc1ccc(S(=O)(=O)N[C@@H](C)c2ccc3c(c2)CCCC3)cc1. The first-order valence-electron chi connectivity index (χ1n) is 8.28. The van der Waals surface area contributed by atoms with Crippen molar-refractivity contribution in [1.82, 2.24) is 4.72 Å². The third kappa shape index (κ3) is 3.62. The third-order valence-electron chi connectivity index (χ3n) is 4.57. The molecule has 0 aromatic heterocycles. The molecule has 0 heterocycles. The average Bonchev–Trinajstić information content (AvgIpc) is 2.61. The van der Waals surface area contributed by atoms with Crippen molar-refractivity contribution in [2.75, 3.05) is 7.11 Å². The van der Waals surface area contributed by atoms with Gasteiger partial charge in [0.2, 0.25) is 10.0 Å². The van der Waals surface area contributed by atoms with Crippen LogP contribution in [0.1, 0.15) is 42.5 Å². The fourth-order valence-electron chi connectivity index (χ4n) is 3.15. The van der Waals surface area contributed by atoms with Gasteiger partial charge in [-0.25, -0.2) is 13.1 Å². The fraction of sp³-hybridized carbons (Fsp3) is 0.368. The van der Waals surface area contributed by atoms with Crippen molar-refractivity contribution < 1.29 is 13.2 Å². The Morgan fingerprint density at radius 3 is 2.33 bits per heavy atom. The third-order valence-corrected chi connectivity index (χ3v) is 6.13. The van der Waals surface area contributed by atoms with E-state index in [1.807, 2.05) is 13.0 Å². The lowest BCUT2D eigenvalue weighted by atomic mass is 9.89. The number of aryl methyl sites for hydroxylation is 2. The Morgan fingerprint density at radius 2 is 1.67 bits per heavy atom. The van der Waals surface area contributed by atoms with Gasteiger partial charge in [0, 0.05) is 6.04 Å². The minimum atomic E-state index is -3.56. The molecule has 1 aliphatic carbocycles. The van der Waals surface area contributed by atoms with Gasteiger partial charge in [0.05, 0.1) is 12.0 Å². The van der Waals surface area contributed by atoms with E-state index < -0.39 is 10.0 Å². The Bertz CT molecular complexity index is 813. The van der Waals surface area contributed by atoms with E-state index in [1.165, 1.54) is 24.0 Å². The van der Waals surface area contributed by atoms with Gasteiger partial charge in [-0.15, -0.1) is 0 Å². The smallest absolute Gasteiger partial charge is 0.241 e. The first-order chi connectivity index (χ1) is 11.5. The van der Waals surface area contributed by atoms with Gasteiger partial charge in [-0.2, -0.15) is 0 Å². The van der Waals surface area contributed by atoms with Gasteiger partial charge in [0.25, 0.3) is 0 Å². The van der Waals surface area contributed by atoms with Crippen LogP contribution in [0.2, 0.25) is 0 Å². The van der Waals surface area contributed by atoms with Gasteiger partial charge in [-0.1, -0.05) is 18.2 Å². The highest BCUT2D eigenvalue weighted by Gasteiger charge is 2.19. The minimum Gasteiger partial charge on any atom is -0.497 e. The molecule has 0 unspecified atom stereocenters. The molecule has 1 atom stereocenters. The molecule has 24 heavy (non-hydrogen) atoms.